The van der Waals surface area contributed by atoms with E-state index in [9.17, 15) is 9.18 Å². The summed E-state index contributed by atoms with van der Waals surface area (Å²) in [5.74, 6) is -0.572. The van der Waals surface area contributed by atoms with E-state index in [2.05, 4.69) is 0 Å². The molecule has 1 aromatic carbocycles. The van der Waals surface area contributed by atoms with E-state index in [1.165, 1.54) is 19.2 Å². The van der Waals surface area contributed by atoms with Gasteiger partial charge in [-0.05, 0) is 12.1 Å². The molecule has 1 aromatic rings. The Balaban J connectivity index is 2.23. The SMILES string of the molecule is COc1ccc(C(=O)N2CCOCC2CN)c(F)c1. The number of morpholine rings is 1. The molecule has 1 unspecified atom stereocenters. The molecule has 0 aliphatic carbocycles. The van der Waals surface area contributed by atoms with Crippen LogP contribution in [0.25, 0.3) is 0 Å². The minimum Gasteiger partial charge on any atom is -0.497 e. The van der Waals surface area contributed by atoms with Crippen molar-refractivity contribution in [1.29, 1.82) is 0 Å². The maximum absolute atomic E-state index is 13.9. The molecule has 104 valence electrons. The standard InChI is InChI=1S/C13H17FN2O3/c1-18-10-2-3-11(12(14)6-10)13(17)16-4-5-19-8-9(16)7-15/h2-3,6,9H,4-5,7-8,15H2,1H3. The highest BCUT2D eigenvalue weighted by molar-refractivity contribution is 5.95. The van der Waals surface area contributed by atoms with Crippen LogP contribution in [0.5, 0.6) is 5.75 Å². The first-order valence-corrected chi connectivity index (χ1v) is 6.09. The molecule has 2 rings (SSSR count). The van der Waals surface area contributed by atoms with Gasteiger partial charge in [0.15, 0.2) is 0 Å². The molecule has 1 fully saturated rings. The Morgan fingerprint density at radius 2 is 2.42 bits per heavy atom. The minimum absolute atomic E-state index is 0.0288. The molecular weight excluding hydrogens is 251 g/mol. The molecule has 1 aliphatic heterocycles. The number of nitrogens with zero attached hydrogens (tertiary/aromatic N) is 1. The fourth-order valence-corrected chi connectivity index (χ4v) is 2.07. The summed E-state index contributed by atoms with van der Waals surface area (Å²) in [4.78, 5) is 13.9. The van der Waals surface area contributed by atoms with Crippen molar-refractivity contribution >= 4 is 5.91 Å². The van der Waals surface area contributed by atoms with Crippen LogP contribution in [0.2, 0.25) is 0 Å². The van der Waals surface area contributed by atoms with Crippen molar-refractivity contribution in [3.63, 3.8) is 0 Å². The largest absolute Gasteiger partial charge is 0.497 e. The predicted octanol–water partition coefficient (Wildman–Crippen LogP) is 0.634. The summed E-state index contributed by atoms with van der Waals surface area (Å²) < 4.78 is 24.1. The fourth-order valence-electron chi connectivity index (χ4n) is 2.07. The third kappa shape index (κ3) is 2.85. The van der Waals surface area contributed by atoms with Crippen LogP contribution < -0.4 is 10.5 Å². The van der Waals surface area contributed by atoms with E-state index < -0.39 is 5.82 Å². The number of ether oxygens (including phenoxy) is 2. The summed E-state index contributed by atoms with van der Waals surface area (Å²) in [6.07, 6.45) is 0. The third-order valence-corrected chi connectivity index (χ3v) is 3.17. The van der Waals surface area contributed by atoms with Crippen LogP contribution in [-0.2, 0) is 4.74 Å². The summed E-state index contributed by atoms with van der Waals surface area (Å²) in [7, 11) is 1.45. The Bertz CT molecular complexity index is 467. The Morgan fingerprint density at radius 1 is 1.63 bits per heavy atom. The van der Waals surface area contributed by atoms with Crippen molar-refractivity contribution in [3.05, 3.63) is 29.6 Å². The summed E-state index contributed by atoms with van der Waals surface area (Å²) in [6.45, 7) is 1.55. The summed E-state index contributed by atoms with van der Waals surface area (Å²) in [5.41, 5.74) is 5.63. The quantitative estimate of drug-likeness (QED) is 0.873. The molecule has 1 saturated heterocycles. The molecule has 1 heterocycles. The maximum atomic E-state index is 13.9. The van der Waals surface area contributed by atoms with Crippen LogP contribution in [0, 0.1) is 5.82 Å². The zero-order valence-electron chi connectivity index (χ0n) is 10.8. The lowest BCUT2D eigenvalue weighted by Gasteiger charge is -2.35. The lowest BCUT2D eigenvalue weighted by molar-refractivity contribution is 0.000597. The number of methoxy groups -OCH3 is 1. The van der Waals surface area contributed by atoms with Crippen molar-refractivity contribution < 1.29 is 18.7 Å². The number of amides is 1. The topological polar surface area (TPSA) is 64.8 Å². The molecule has 1 amide bonds. The smallest absolute Gasteiger partial charge is 0.257 e. The minimum atomic E-state index is -0.591. The number of rotatable bonds is 3. The van der Waals surface area contributed by atoms with Gasteiger partial charge in [-0.15, -0.1) is 0 Å². The number of carbonyl (C=O) groups excluding carboxylic acids is 1. The van der Waals surface area contributed by atoms with E-state index >= 15 is 0 Å². The van der Waals surface area contributed by atoms with Gasteiger partial charge in [-0.2, -0.15) is 0 Å². The molecule has 0 aromatic heterocycles. The Kier molecular flexibility index (Phi) is 4.34. The van der Waals surface area contributed by atoms with Crippen LogP contribution in [-0.4, -0.2) is 50.3 Å². The number of carbonyl (C=O) groups is 1. The van der Waals surface area contributed by atoms with Crippen LogP contribution in [0.15, 0.2) is 18.2 Å². The molecule has 1 atom stereocenters. The first-order chi connectivity index (χ1) is 9.17. The first kappa shape index (κ1) is 13.8. The van der Waals surface area contributed by atoms with E-state index in [1.807, 2.05) is 0 Å². The Labute approximate surface area is 111 Å². The highest BCUT2D eigenvalue weighted by Gasteiger charge is 2.28. The average molecular weight is 268 g/mol. The average Bonchev–Trinajstić information content (AvgIpc) is 2.46. The van der Waals surface area contributed by atoms with Gasteiger partial charge in [-0.25, -0.2) is 4.39 Å². The lowest BCUT2D eigenvalue weighted by atomic mass is 10.1. The number of hydrogen-bond donors (Lipinski definition) is 1. The van der Waals surface area contributed by atoms with Gasteiger partial charge in [0.25, 0.3) is 5.91 Å². The second-order valence-electron chi connectivity index (χ2n) is 4.31. The number of nitrogens with two attached hydrogens (primary N) is 1. The number of benzene rings is 1. The molecular formula is C13H17FN2O3. The van der Waals surface area contributed by atoms with Gasteiger partial charge in [0, 0.05) is 19.2 Å². The van der Waals surface area contributed by atoms with E-state index in [0.717, 1.165) is 0 Å². The van der Waals surface area contributed by atoms with Crippen LogP contribution in [0.3, 0.4) is 0 Å². The molecule has 0 bridgehead atoms. The normalized spacial score (nSPS) is 19.3. The zero-order chi connectivity index (χ0) is 13.8. The van der Waals surface area contributed by atoms with Gasteiger partial charge in [0.2, 0.25) is 0 Å². The predicted molar refractivity (Wildman–Crippen MR) is 67.6 cm³/mol. The molecule has 0 radical (unpaired) electrons. The second kappa shape index (κ2) is 5.99. The molecule has 0 spiro atoms. The first-order valence-electron chi connectivity index (χ1n) is 6.09. The van der Waals surface area contributed by atoms with E-state index in [1.54, 1.807) is 11.0 Å². The molecule has 2 N–H and O–H groups in total. The Morgan fingerprint density at radius 3 is 3.05 bits per heavy atom. The van der Waals surface area contributed by atoms with Crippen molar-refractivity contribution in [2.24, 2.45) is 5.73 Å². The van der Waals surface area contributed by atoms with Gasteiger partial charge in [0.1, 0.15) is 11.6 Å². The van der Waals surface area contributed by atoms with E-state index in [0.29, 0.717) is 32.1 Å². The van der Waals surface area contributed by atoms with Crippen LogP contribution in [0.1, 0.15) is 10.4 Å². The molecule has 1 aliphatic rings. The highest BCUT2D eigenvalue weighted by Crippen LogP contribution is 2.19. The van der Waals surface area contributed by atoms with Crippen molar-refractivity contribution in [2.45, 2.75) is 6.04 Å². The monoisotopic (exact) mass is 268 g/mol. The van der Waals surface area contributed by atoms with Crippen molar-refractivity contribution in [2.75, 3.05) is 33.4 Å². The van der Waals surface area contributed by atoms with Crippen LogP contribution in [0.4, 0.5) is 4.39 Å². The fraction of sp³-hybridized carbons (Fsp3) is 0.462. The van der Waals surface area contributed by atoms with Gasteiger partial charge in [0.05, 0.1) is 31.9 Å². The zero-order valence-corrected chi connectivity index (χ0v) is 10.8. The maximum Gasteiger partial charge on any atom is 0.257 e. The number of halogens is 1. The van der Waals surface area contributed by atoms with E-state index in [4.69, 9.17) is 15.2 Å². The lowest BCUT2D eigenvalue weighted by Crippen LogP contribution is -2.52. The summed E-state index contributed by atoms with van der Waals surface area (Å²) in [6, 6.07) is 3.99. The van der Waals surface area contributed by atoms with Gasteiger partial charge < -0.3 is 20.1 Å². The van der Waals surface area contributed by atoms with Crippen molar-refractivity contribution in [1.82, 2.24) is 4.90 Å². The summed E-state index contributed by atoms with van der Waals surface area (Å²) in [5, 5.41) is 0. The van der Waals surface area contributed by atoms with Crippen molar-refractivity contribution in [3.8, 4) is 5.75 Å². The highest BCUT2D eigenvalue weighted by atomic mass is 19.1. The van der Waals surface area contributed by atoms with Gasteiger partial charge in [-0.1, -0.05) is 0 Å². The molecule has 6 heteroatoms. The van der Waals surface area contributed by atoms with Gasteiger partial charge in [-0.3, -0.25) is 4.79 Å². The molecule has 5 nitrogen and oxygen atoms in total. The van der Waals surface area contributed by atoms with Gasteiger partial charge >= 0.3 is 0 Å². The van der Waals surface area contributed by atoms with Crippen LogP contribution >= 0.6 is 0 Å². The second-order valence-corrected chi connectivity index (χ2v) is 4.31. The molecule has 0 saturated carbocycles. The third-order valence-electron chi connectivity index (χ3n) is 3.17. The molecule has 19 heavy (non-hydrogen) atoms. The van der Waals surface area contributed by atoms with E-state index in [-0.39, 0.29) is 17.5 Å². The Hall–Kier alpha value is -1.66. The summed E-state index contributed by atoms with van der Waals surface area (Å²) >= 11 is 0. The number of hydrogen-bond acceptors (Lipinski definition) is 4.